The molecule has 8 rings (SSSR count). The number of pyridine rings is 4. The number of anilines is 2. The minimum absolute atomic E-state index is 0. The number of hydrogen-bond donors (Lipinski definition) is 4. The van der Waals surface area contributed by atoms with Crippen molar-refractivity contribution >= 4 is 51.3 Å². The number of nitrogen functional groups attached to an aromatic ring is 1. The molecule has 20 heteroatoms. The lowest BCUT2D eigenvalue weighted by Gasteiger charge is -2.20. The van der Waals surface area contributed by atoms with Gasteiger partial charge in [-0.2, -0.15) is 31.2 Å². The van der Waals surface area contributed by atoms with Gasteiger partial charge in [-0.3, -0.25) is 34.2 Å². The highest BCUT2D eigenvalue weighted by Gasteiger charge is 2.21. The van der Waals surface area contributed by atoms with Crippen LogP contribution in [0.4, 0.5) is 16.4 Å². The number of nitrogens with zero attached hydrogens (tertiary/aromatic N) is 12. The van der Waals surface area contributed by atoms with Crippen molar-refractivity contribution in [3.63, 3.8) is 0 Å². The first-order valence-corrected chi connectivity index (χ1v) is 23.5. The van der Waals surface area contributed by atoms with Gasteiger partial charge < -0.3 is 21.1 Å². The van der Waals surface area contributed by atoms with Gasteiger partial charge in [0.2, 0.25) is 0 Å². The number of rotatable bonds is 11. The summed E-state index contributed by atoms with van der Waals surface area (Å²) in [5.41, 5.74) is 15.9. The van der Waals surface area contributed by atoms with Crippen LogP contribution in [0.15, 0.2) is 73.3 Å². The Labute approximate surface area is 447 Å². The number of aryl methyl sites for hydroxylation is 6. The Bertz CT molecular complexity index is 3720. The van der Waals surface area contributed by atoms with Crippen LogP contribution in [0.2, 0.25) is 0 Å². The van der Waals surface area contributed by atoms with Gasteiger partial charge >= 0.3 is 6.09 Å². The van der Waals surface area contributed by atoms with E-state index < -0.39 is 23.5 Å². The van der Waals surface area contributed by atoms with E-state index in [1.54, 1.807) is 70.6 Å². The van der Waals surface area contributed by atoms with Crippen LogP contribution in [0.1, 0.15) is 135 Å². The second-order valence-electron chi connectivity index (χ2n) is 18.9. The Morgan fingerprint density at radius 1 is 0.623 bits per heavy atom. The summed E-state index contributed by atoms with van der Waals surface area (Å²) in [5.74, 6) is -0.0954. The number of nitriles is 4. The molecule has 0 saturated heterocycles. The Hall–Kier alpha value is -10.1. The minimum atomic E-state index is -0.639. The maximum atomic E-state index is 13.1. The van der Waals surface area contributed by atoms with Crippen molar-refractivity contribution in [3.8, 4) is 24.3 Å². The Morgan fingerprint density at radius 3 is 1.47 bits per heavy atom. The molecule has 2 aromatic carbocycles. The number of aromatic nitrogens is 8. The molecule has 6 heterocycles. The number of nitrogens with two attached hydrogens (primary N) is 1. The lowest BCUT2D eigenvalue weighted by atomic mass is 10.0. The Balaban J connectivity index is 0.000000281. The zero-order valence-electron chi connectivity index (χ0n) is 42.8. The molecule has 0 aliphatic carbocycles. The molecule has 5 N–H and O–H groups in total. The standard InChI is InChI=1S/C30H30N8O3.C25H22N8O.2CH4/c1-17-7-21-9-20(10-22(11-31)27(21)33-13-17)15-38-16-24(25(12-32)37-38)28(39)34-14-23-18(2)8-26(35-19(23)3)36-29(40)41-30(4,5)6;1-14-4-18-6-17(7-19(8-26)24(18)29-10-14)12-33-13-21(22(9-27)32-33)25(34)30-11-20-15(2)5-23(28)31-16(20)3;;/h7-10,13,16H,14-15H2,1-6H3,(H,34,39)(H,35,36,40);4-7,10,13H,11-12H2,1-3H3,(H2,28,31)(H,30,34);2*1H4. The number of carbonyl (C=O) groups excluding carboxylic acids is 3. The second kappa shape index (κ2) is 24.3. The van der Waals surface area contributed by atoms with E-state index in [1.165, 1.54) is 15.6 Å². The fourth-order valence-corrected chi connectivity index (χ4v) is 8.35. The number of amides is 3. The molecule has 77 heavy (non-hydrogen) atoms. The molecule has 0 atom stereocenters. The first kappa shape index (κ1) is 57.8. The van der Waals surface area contributed by atoms with E-state index in [9.17, 15) is 35.4 Å². The van der Waals surface area contributed by atoms with Gasteiger partial charge in [0.05, 0.1) is 46.4 Å². The lowest BCUT2D eigenvalue weighted by Crippen LogP contribution is -2.28. The van der Waals surface area contributed by atoms with Crippen molar-refractivity contribution in [1.29, 1.82) is 21.0 Å². The Kier molecular flexibility index (Phi) is 18.3. The summed E-state index contributed by atoms with van der Waals surface area (Å²) in [6.45, 7) is 17.5. The van der Waals surface area contributed by atoms with Crippen LogP contribution in [-0.4, -0.2) is 63.0 Å². The van der Waals surface area contributed by atoms with Gasteiger partial charge in [0.1, 0.15) is 41.5 Å². The number of ether oxygens (including phenoxy) is 1. The van der Waals surface area contributed by atoms with Crippen LogP contribution in [0.3, 0.4) is 0 Å². The third kappa shape index (κ3) is 14.0. The molecule has 0 unspecified atom stereocenters. The van der Waals surface area contributed by atoms with Gasteiger partial charge in [-0.05, 0) is 155 Å². The summed E-state index contributed by atoms with van der Waals surface area (Å²) in [4.78, 5) is 55.4. The van der Waals surface area contributed by atoms with Gasteiger partial charge in [-0.15, -0.1) is 0 Å². The predicted molar refractivity (Wildman–Crippen MR) is 292 cm³/mol. The molecule has 0 aliphatic rings. The molecular formula is C57H60N16O4. The van der Waals surface area contributed by atoms with E-state index in [-0.39, 0.29) is 57.0 Å². The molecule has 0 saturated carbocycles. The molecule has 0 aliphatic heterocycles. The molecular weight excluding hydrogens is 973 g/mol. The van der Waals surface area contributed by atoms with Gasteiger partial charge in [-0.25, -0.2) is 14.8 Å². The SMILES string of the molecule is C.C.Cc1cnc2c(C#N)cc(Cn3cc(C(=O)NCc4c(C)cc(N)nc4C)c(C#N)n3)cc2c1.Cc1cnc2c(C#N)cc(Cn3cc(C(=O)NCc4c(C)cc(NC(=O)OC(C)(C)C)nc4C)c(C#N)n3)cc2c1. The van der Waals surface area contributed by atoms with E-state index in [1.807, 2.05) is 71.0 Å². The number of carbonyl (C=O) groups is 3. The van der Waals surface area contributed by atoms with Crippen LogP contribution in [0, 0.1) is 86.9 Å². The quantitative estimate of drug-likeness (QED) is 0.0938. The molecule has 0 bridgehead atoms. The van der Waals surface area contributed by atoms with E-state index in [0.717, 1.165) is 61.0 Å². The molecule has 3 amide bonds. The number of nitrogens with one attached hydrogen (secondary N) is 3. The molecule has 0 spiro atoms. The van der Waals surface area contributed by atoms with Crippen LogP contribution < -0.4 is 21.7 Å². The third-order valence-electron chi connectivity index (χ3n) is 11.7. The van der Waals surface area contributed by atoms with Crippen LogP contribution in [0.5, 0.6) is 0 Å². The first-order chi connectivity index (χ1) is 35.6. The number of hydrogen-bond acceptors (Lipinski definition) is 15. The van der Waals surface area contributed by atoms with Gasteiger partial charge in [0, 0.05) is 60.0 Å². The lowest BCUT2D eigenvalue weighted by molar-refractivity contribution is 0.0634. The normalized spacial score (nSPS) is 10.6. The summed E-state index contributed by atoms with van der Waals surface area (Å²) in [6.07, 6.45) is 5.90. The molecule has 0 radical (unpaired) electrons. The highest BCUT2D eigenvalue weighted by Crippen LogP contribution is 2.24. The fraction of sp³-hybridized carbons (Fsp3) is 0.281. The average molecular weight is 1030 g/mol. The van der Waals surface area contributed by atoms with Crippen LogP contribution >= 0.6 is 0 Å². The van der Waals surface area contributed by atoms with E-state index in [2.05, 4.69) is 58.2 Å². The molecule has 0 fully saturated rings. The molecule has 392 valence electrons. The summed E-state index contributed by atoms with van der Waals surface area (Å²) in [6, 6.07) is 23.0. The summed E-state index contributed by atoms with van der Waals surface area (Å²) in [7, 11) is 0. The zero-order chi connectivity index (χ0) is 54.3. The average Bonchev–Trinajstić information content (AvgIpc) is 3.95. The van der Waals surface area contributed by atoms with E-state index in [4.69, 9.17) is 10.5 Å². The summed E-state index contributed by atoms with van der Waals surface area (Å²) >= 11 is 0. The predicted octanol–water partition coefficient (Wildman–Crippen LogP) is 9.15. The van der Waals surface area contributed by atoms with Crippen molar-refractivity contribution < 1.29 is 19.1 Å². The first-order valence-electron chi connectivity index (χ1n) is 23.5. The van der Waals surface area contributed by atoms with Crippen molar-refractivity contribution in [2.75, 3.05) is 11.1 Å². The molecule has 20 nitrogen and oxygen atoms in total. The zero-order valence-corrected chi connectivity index (χ0v) is 42.8. The van der Waals surface area contributed by atoms with Crippen LogP contribution in [0.25, 0.3) is 21.8 Å². The minimum Gasteiger partial charge on any atom is -0.444 e. The molecule has 8 aromatic rings. The fourth-order valence-electron chi connectivity index (χ4n) is 8.35. The topological polar surface area (TPSA) is 305 Å². The second-order valence-corrected chi connectivity index (χ2v) is 18.9. The monoisotopic (exact) mass is 1030 g/mol. The highest BCUT2D eigenvalue weighted by atomic mass is 16.6. The van der Waals surface area contributed by atoms with Crippen molar-refractivity contribution in [1.82, 2.24) is 50.1 Å². The van der Waals surface area contributed by atoms with Gasteiger partial charge in [0.25, 0.3) is 11.8 Å². The molecule has 6 aromatic heterocycles. The van der Waals surface area contributed by atoms with Crippen molar-refractivity contribution in [2.45, 2.75) is 109 Å². The van der Waals surface area contributed by atoms with Gasteiger partial charge in [0.15, 0.2) is 11.4 Å². The summed E-state index contributed by atoms with van der Waals surface area (Å²) in [5, 5.41) is 56.8. The largest absolute Gasteiger partial charge is 0.444 e. The van der Waals surface area contributed by atoms with E-state index in [0.29, 0.717) is 46.0 Å². The maximum absolute atomic E-state index is 13.1. The number of fused-ring (bicyclic) bond motifs is 2. The highest BCUT2D eigenvalue weighted by molar-refractivity contribution is 5.96. The Morgan fingerprint density at radius 2 is 1.06 bits per heavy atom. The van der Waals surface area contributed by atoms with Crippen molar-refractivity contribution in [3.05, 3.63) is 163 Å². The smallest absolute Gasteiger partial charge is 0.413 e. The van der Waals surface area contributed by atoms with Gasteiger partial charge in [-0.1, -0.05) is 14.9 Å². The third-order valence-corrected chi connectivity index (χ3v) is 11.7. The summed E-state index contributed by atoms with van der Waals surface area (Å²) < 4.78 is 8.31. The number of benzene rings is 2. The van der Waals surface area contributed by atoms with Crippen LogP contribution in [-0.2, 0) is 30.9 Å². The van der Waals surface area contributed by atoms with Crippen molar-refractivity contribution in [2.24, 2.45) is 0 Å². The van der Waals surface area contributed by atoms with E-state index >= 15 is 0 Å². The maximum Gasteiger partial charge on any atom is 0.413 e.